The fraction of sp³-hybridized carbons (Fsp3) is 0.571. The monoisotopic (exact) mass is 470 g/mol. The van der Waals surface area contributed by atoms with E-state index in [1.165, 1.54) is 4.90 Å². The number of halogens is 3. The number of aromatic nitrogens is 1. The van der Waals surface area contributed by atoms with Crippen molar-refractivity contribution in [1.29, 1.82) is 0 Å². The summed E-state index contributed by atoms with van der Waals surface area (Å²) >= 11 is 1.60. The first-order valence-corrected chi connectivity index (χ1v) is 11.4. The number of thiazole rings is 1. The Morgan fingerprint density at radius 2 is 1.88 bits per heavy atom. The number of benzene rings is 1. The summed E-state index contributed by atoms with van der Waals surface area (Å²) in [5.74, 6) is -2.50. The molecule has 0 radical (unpaired) electrons. The molecule has 1 atom stereocenters. The Morgan fingerprint density at radius 3 is 2.53 bits per heavy atom. The van der Waals surface area contributed by atoms with Crippen LogP contribution in [0.4, 0.5) is 23.1 Å². The van der Waals surface area contributed by atoms with Crippen LogP contribution in [-0.2, 0) is 9.53 Å². The molecule has 0 spiro atoms. The molecule has 1 aromatic carbocycles. The second-order valence-corrected chi connectivity index (χ2v) is 9.35. The number of carbonyl (C=O) groups excluding carboxylic acids is 2. The Kier molecular flexibility index (Phi) is 6.30. The van der Waals surface area contributed by atoms with Crippen LogP contribution in [0.25, 0.3) is 10.2 Å². The molecule has 0 aliphatic carbocycles. The second-order valence-electron chi connectivity index (χ2n) is 8.34. The summed E-state index contributed by atoms with van der Waals surface area (Å²) in [6.07, 6.45) is -5.28. The van der Waals surface area contributed by atoms with Gasteiger partial charge in [-0.05, 0) is 44.4 Å². The number of carbonyl (C=O) groups is 2. The van der Waals surface area contributed by atoms with E-state index >= 15 is 0 Å². The van der Waals surface area contributed by atoms with Crippen molar-refractivity contribution in [1.82, 2.24) is 14.8 Å². The molecule has 3 heterocycles. The van der Waals surface area contributed by atoms with Crippen molar-refractivity contribution in [2.24, 2.45) is 0 Å². The molecule has 4 rings (SSSR count). The van der Waals surface area contributed by atoms with Gasteiger partial charge in [0.05, 0.1) is 16.3 Å². The molecule has 174 valence electrons. The third-order valence-electron chi connectivity index (χ3n) is 6.00. The Bertz CT molecular complexity index is 1000. The van der Waals surface area contributed by atoms with Crippen LogP contribution in [0.3, 0.4) is 0 Å². The van der Waals surface area contributed by atoms with Gasteiger partial charge in [-0.1, -0.05) is 17.4 Å². The van der Waals surface area contributed by atoms with E-state index in [0.29, 0.717) is 18.9 Å². The highest BCUT2D eigenvalue weighted by Crippen LogP contribution is 2.36. The fourth-order valence-electron chi connectivity index (χ4n) is 4.23. The molecule has 1 amide bonds. The first-order chi connectivity index (χ1) is 15.1. The van der Waals surface area contributed by atoms with E-state index in [1.807, 2.05) is 18.2 Å². The van der Waals surface area contributed by atoms with Crippen molar-refractivity contribution in [3.63, 3.8) is 0 Å². The molecule has 2 aliphatic rings. The third-order valence-corrected chi connectivity index (χ3v) is 7.10. The van der Waals surface area contributed by atoms with Gasteiger partial charge in [-0.2, -0.15) is 13.2 Å². The molecule has 0 bridgehead atoms. The van der Waals surface area contributed by atoms with Crippen LogP contribution in [0, 0.1) is 0 Å². The zero-order valence-corrected chi connectivity index (χ0v) is 18.7. The molecule has 0 N–H and O–H groups in total. The van der Waals surface area contributed by atoms with E-state index in [0.717, 1.165) is 47.1 Å². The molecule has 1 aromatic heterocycles. The van der Waals surface area contributed by atoms with E-state index in [1.54, 1.807) is 11.3 Å². The lowest BCUT2D eigenvalue weighted by Gasteiger charge is -2.36. The van der Waals surface area contributed by atoms with Gasteiger partial charge in [0.1, 0.15) is 0 Å². The van der Waals surface area contributed by atoms with Gasteiger partial charge < -0.3 is 14.5 Å². The standard InChI is InChI=1S/C21H25F3N4O3S/c1-13(2)26-8-10-27(11-9-26)19-25-15-12-14(5-6-17(15)32-19)16-4-3-7-28(16)20(30)31-18(29)21(22,23)24/h5-6,12-13,16H,3-4,7-11H2,1-2H3. The summed E-state index contributed by atoms with van der Waals surface area (Å²) in [6.45, 7) is 8.38. The summed E-state index contributed by atoms with van der Waals surface area (Å²) in [7, 11) is 0. The highest BCUT2D eigenvalue weighted by molar-refractivity contribution is 7.22. The minimum atomic E-state index is -5.21. The van der Waals surface area contributed by atoms with Crippen LogP contribution in [0.2, 0.25) is 0 Å². The van der Waals surface area contributed by atoms with E-state index in [4.69, 9.17) is 4.98 Å². The van der Waals surface area contributed by atoms with Crippen LogP contribution < -0.4 is 4.90 Å². The maximum absolute atomic E-state index is 12.4. The number of esters is 1. The summed E-state index contributed by atoms with van der Waals surface area (Å²) < 4.78 is 42.4. The number of amides is 1. The number of hydrogen-bond acceptors (Lipinski definition) is 7. The predicted molar refractivity (Wildman–Crippen MR) is 115 cm³/mol. The van der Waals surface area contributed by atoms with Crippen molar-refractivity contribution < 1.29 is 27.5 Å². The van der Waals surface area contributed by atoms with Gasteiger partial charge in [-0.15, -0.1) is 0 Å². The van der Waals surface area contributed by atoms with Gasteiger partial charge in [0.2, 0.25) is 0 Å². The first kappa shape index (κ1) is 22.8. The lowest BCUT2D eigenvalue weighted by Crippen LogP contribution is -2.48. The number of fused-ring (bicyclic) bond motifs is 1. The van der Waals surface area contributed by atoms with E-state index in [-0.39, 0.29) is 6.54 Å². The summed E-state index contributed by atoms with van der Waals surface area (Å²) in [4.78, 5) is 33.9. The van der Waals surface area contributed by atoms with Crippen LogP contribution in [0.5, 0.6) is 0 Å². The molecule has 1 unspecified atom stereocenters. The first-order valence-electron chi connectivity index (χ1n) is 10.6. The zero-order chi connectivity index (χ0) is 23.0. The second kappa shape index (κ2) is 8.86. The van der Waals surface area contributed by atoms with Crippen LogP contribution in [0.15, 0.2) is 18.2 Å². The Balaban J connectivity index is 1.49. The maximum Gasteiger partial charge on any atom is 0.491 e. The molecule has 7 nitrogen and oxygen atoms in total. The molecule has 2 fully saturated rings. The molecule has 2 aliphatic heterocycles. The van der Waals surface area contributed by atoms with E-state index < -0.39 is 24.3 Å². The number of piperazine rings is 1. The minimum absolute atomic E-state index is 0.231. The largest absolute Gasteiger partial charge is 0.491 e. The fourth-order valence-corrected chi connectivity index (χ4v) is 5.23. The smallest absolute Gasteiger partial charge is 0.369 e. The Labute approximate surface area is 187 Å². The third kappa shape index (κ3) is 4.68. The van der Waals surface area contributed by atoms with Gasteiger partial charge >= 0.3 is 18.2 Å². The van der Waals surface area contributed by atoms with Crippen LogP contribution in [0.1, 0.15) is 38.3 Å². The predicted octanol–water partition coefficient (Wildman–Crippen LogP) is 4.19. The number of rotatable bonds is 3. The highest BCUT2D eigenvalue weighted by Gasteiger charge is 2.44. The molecule has 0 saturated carbocycles. The summed E-state index contributed by atoms with van der Waals surface area (Å²) in [5, 5.41) is 0.944. The molecule has 11 heteroatoms. The molecular weight excluding hydrogens is 445 g/mol. The van der Waals surface area contributed by atoms with Gasteiger partial charge in [-0.3, -0.25) is 4.90 Å². The number of nitrogens with zero attached hydrogens (tertiary/aromatic N) is 4. The van der Waals surface area contributed by atoms with E-state index in [2.05, 4.69) is 28.4 Å². The quantitative estimate of drug-likeness (QED) is 0.495. The van der Waals surface area contributed by atoms with Gasteiger partial charge in [-0.25, -0.2) is 14.6 Å². The van der Waals surface area contributed by atoms with Crippen LogP contribution in [-0.4, -0.2) is 71.8 Å². The zero-order valence-electron chi connectivity index (χ0n) is 17.9. The number of likely N-dealkylation sites (tertiary alicyclic amines) is 1. The topological polar surface area (TPSA) is 66.0 Å². The number of anilines is 1. The van der Waals surface area contributed by atoms with Crippen molar-refractivity contribution in [3.8, 4) is 0 Å². The summed E-state index contributed by atoms with van der Waals surface area (Å²) in [5.41, 5.74) is 1.56. The lowest BCUT2D eigenvalue weighted by atomic mass is 10.0. The minimum Gasteiger partial charge on any atom is -0.369 e. The Morgan fingerprint density at radius 1 is 1.16 bits per heavy atom. The van der Waals surface area contributed by atoms with Crippen molar-refractivity contribution in [2.75, 3.05) is 37.6 Å². The van der Waals surface area contributed by atoms with Gasteiger partial charge in [0, 0.05) is 38.8 Å². The number of ether oxygens (including phenoxy) is 1. The molecular formula is C21H25F3N4O3S. The SMILES string of the molecule is CC(C)N1CCN(c2nc3cc(C4CCCN4C(=O)OC(=O)C(F)(F)F)ccc3s2)CC1. The Hall–Kier alpha value is -2.40. The molecule has 2 saturated heterocycles. The van der Waals surface area contributed by atoms with Crippen molar-refractivity contribution in [2.45, 2.75) is 44.9 Å². The number of alkyl halides is 3. The summed E-state index contributed by atoms with van der Waals surface area (Å²) in [6, 6.07) is 5.73. The van der Waals surface area contributed by atoms with Crippen LogP contribution >= 0.6 is 11.3 Å². The van der Waals surface area contributed by atoms with Gasteiger partial charge in [0.15, 0.2) is 5.13 Å². The number of hydrogen-bond donors (Lipinski definition) is 0. The van der Waals surface area contributed by atoms with Crippen molar-refractivity contribution in [3.05, 3.63) is 23.8 Å². The molecule has 2 aromatic rings. The molecule has 32 heavy (non-hydrogen) atoms. The highest BCUT2D eigenvalue weighted by atomic mass is 32.1. The van der Waals surface area contributed by atoms with Gasteiger partial charge in [0.25, 0.3) is 0 Å². The average Bonchev–Trinajstić information content (AvgIpc) is 3.39. The van der Waals surface area contributed by atoms with Crippen molar-refractivity contribution >= 4 is 38.7 Å². The van der Waals surface area contributed by atoms with E-state index in [9.17, 15) is 22.8 Å². The average molecular weight is 471 g/mol. The lowest BCUT2D eigenvalue weighted by molar-refractivity contribution is -0.193. The maximum atomic E-state index is 12.4. The normalized spacial score (nSPS) is 20.4.